The zero-order valence-electron chi connectivity index (χ0n) is 9.42. The third-order valence-corrected chi connectivity index (χ3v) is 2.09. The van der Waals surface area contributed by atoms with Crippen LogP contribution in [0.4, 0.5) is 5.69 Å². The van der Waals surface area contributed by atoms with Gasteiger partial charge in [0.2, 0.25) is 0 Å². The van der Waals surface area contributed by atoms with Gasteiger partial charge in [-0.05, 0) is 12.5 Å². The minimum Gasteiger partial charge on any atom is -0.446 e. The minimum absolute atomic E-state index is 0.248. The lowest BCUT2D eigenvalue weighted by Crippen LogP contribution is -2.26. The molecule has 0 aliphatic carbocycles. The van der Waals surface area contributed by atoms with Gasteiger partial charge in [-0.15, -0.1) is 0 Å². The van der Waals surface area contributed by atoms with Crippen LogP contribution in [0.15, 0.2) is 23.1 Å². The molecule has 0 saturated carbocycles. The summed E-state index contributed by atoms with van der Waals surface area (Å²) in [5.74, 6) is -0.633. The van der Waals surface area contributed by atoms with Gasteiger partial charge in [0, 0.05) is 18.0 Å². The van der Waals surface area contributed by atoms with Gasteiger partial charge in [-0.3, -0.25) is 9.59 Å². The molecule has 6 nitrogen and oxygen atoms in total. The van der Waals surface area contributed by atoms with Gasteiger partial charge in [0.15, 0.2) is 6.10 Å². The molecule has 1 aromatic rings. The highest BCUT2D eigenvalue weighted by Gasteiger charge is 2.12. The van der Waals surface area contributed by atoms with Crippen molar-refractivity contribution in [2.45, 2.75) is 26.0 Å². The van der Waals surface area contributed by atoms with Crippen LogP contribution < -0.4 is 11.3 Å². The van der Waals surface area contributed by atoms with Gasteiger partial charge in [0.05, 0.1) is 0 Å². The van der Waals surface area contributed by atoms with E-state index < -0.39 is 12.1 Å². The Kier molecular flexibility index (Phi) is 4.29. The monoisotopic (exact) mass is 235 g/mol. The number of carbonyl (C=O) groups excluding carboxylic acids is 1. The lowest BCUT2D eigenvalue weighted by molar-refractivity contribution is -0.147. The minimum atomic E-state index is -0.778. The molecular formula is C11H13N3O3. The van der Waals surface area contributed by atoms with Gasteiger partial charge >= 0.3 is 5.97 Å². The van der Waals surface area contributed by atoms with Crippen molar-refractivity contribution in [3.05, 3.63) is 28.7 Å². The molecule has 0 spiro atoms. The summed E-state index contributed by atoms with van der Waals surface area (Å²) >= 11 is 0. The predicted octanol–water partition coefficient (Wildman–Crippen LogP) is 0.276. The van der Waals surface area contributed by atoms with Gasteiger partial charge in [-0.1, -0.05) is 6.92 Å². The largest absolute Gasteiger partial charge is 0.446 e. The summed E-state index contributed by atoms with van der Waals surface area (Å²) in [6.45, 7) is 1.48. The van der Waals surface area contributed by atoms with Crippen molar-refractivity contribution in [2.24, 2.45) is 0 Å². The van der Waals surface area contributed by atoms with Crippen LogP contribution in [0.5, 0.6) is 0 Å². The number of nitriles is 1. The van der Waals surface area contributed by atoms with Crippen molar-refractivity contribution in [3.8, 4) is 6.07 Å². The maximum Gasteiger partial charge on any atom is 0.327 e. The number of ether oxygens (including phenoxy) is 1. The fourth-order valence-corrected chi connectivity index (χ4v) is 1.21. The molecule has 0 fully saturated rings. The van der Waals surface area contributed by atoms with Gasteiger partial charge < -0.3 is 15.0 Å². The van der Waals surface area contributed by atoms with Gasteiger partial charge in [0.25, 0.3) is 5.56 Å². The molecule has 0 radical (unpaired) electrons. The molecule has 1 heterocycles. The molecule has 17 heavy (non-hydrogen) atoms. The summed E-state index contributed by atoms with van der Waals surface area (Å²) in [4.78, 5) is 22.8. The first-order chi connectivity index (χ1) is 8.06. The normalized spacial score (nSPS) is 11.5. The van der Waals surface area contributed by atoms with Crippen LogP contribution in [0.1, 0.15) is 13.3 Å². The Morgan fingerprint density at radius 1 is 1.65 bits per heavy atom. The van der Waals surface area contributed by atoms with Gasteiger partial charge in [-0.2, -0.15) is 5.26 Å². The number of pyridine rings is 1. The molecule has 1 atom stereocenters. The van der Waals surface area contributed by atoms with E-state index in [2.05, 4.69) is 0 Å². The van der Waals surface area contributed by atoms with E-state index in [9.17, 15) is 9.59 Å². The van der Waals surface area contributed by atoms with Crippen molar-refractivity contribution in [3.63, 3.8) is 0 Å². The molecule has 0 aliphatic heterocycles. The third kappa shape index (κ3) is 3.65. The zero-order valence-corrected chi connectivity index (χ0v) is 9.42. The summed E-state index contributed by atoms with van der Waals surface area (Å²) in [5, 5.41) is 8.62. The van der Waals surface area contributed by atoms with Crippen LogP contribution in [0, 0.1) is 11.3 Å². The van der Waals surface area contributed by atoms with E-state index in [1.165, 1.54) is 18.3 Å². The SMILES string of the molecule is CCC(C#N)OC(=O)Cn1cc(N)ccc1=O. The van der Waals surface area contributed by atoms with E-state index in [4.69, 9.17) is 15.7 Å². The first-order valence-corrected chi connectivity index (χ1v) is 5.12. The topological polar surface area (TPSA) is 98.1 Å². The van der Waals surface area contributed by atoms with E-state index in [0.717, 1.165) is 4.57 Å². The second kappa shape index (κ2) is 5.70. The maximum atomic E-state index is 11.4. The average Bonchev–Trinajstić information content (AvgIpc) is 2.31. The third-order valence-electron chi connectivity index (χ3n) is 2.09. The number of anilines is 1. The van der Waals surface area contributed by atoms with Crippen LogP contribution in [0.3, 0.4) is 0 Å². The number of nitrogen functional groups attached to an aromatic ring is 1. The smallest absolute Gasteiger partial charge is 0.327 e. The van der Waals surface area contributed by atoms with Crippen molar-refractivity contribution in [1.29, 1.82) is 5.26 Å². The Balaban J connectivity index is 2.72. The van der Waals surface area contributed by atoms with E-state index in [1.54, 1.807) is 6.92 Å². The number of hydrogen-bond donors (Lipinski definition) is 1. The van der Waals surface area contributed by atoms with Crippen molar-refractivity contribution in [2.75, 3.05) is 5.73 Å². The summed E-state index contributed by atoms with van der Waals surface area (Å²) in [5.41, 5.74) is 5.53. The molecule has 0 bridgehead atoms. The van der Waals surface area contributed by atoms with Crippen LogP contribution in [0.2, 0.25) is 0 Å². The number of hydrogen-bond acceptors (Lipinski definition) is 5. The van der Waals surface area contributed by atoms with E-state index in [-0.39, 0.29) is 12.1 Å². The quantitative estimate of drug-likeness (QED) is 0.755. The second-order valence-corrected chi connectivity index (χ2v) is 3.44. The first kappa shape index (κ1) is 12.8. The fraction of sp³-hybridized carbons (Fsp3) is 0.364. The van der Waals surface area contributed by atoms with Crippen molar-refractivity contribution in [1.82, 2.24) is 4.57 Å². The van der Waals surface area contributed by atoms with Crippen molar-refractivity contribution >= 4 is 11.7 Å². The molecule has 0 amide bonds. The molecule has 90 valence electrons. The first-order valence-electron chi connectivity index (χ1n) is 5.12. The number of carbonyl (C=O) groups is 1. The van der Waals surface area contributed by atoms with Crippen LogP contribution in [0.25, 0.3) is 0 Å². The van der Waals surface area contributed by atoms with Gasteiger partial charge in [-0.25, -0.2) is 0 Å². The number of nitrogens with two attached hydrogens (primary N) is 1. The van der Waals surface area contributed by atoms with Crippen LogP contribution in [-0.4, -0.2) is 16.6 Å². The van der Waals surface area contributed by atoms with Crippen LogP contribution in [-0.2, 0) is 16.1 Å². The molecule has 6 heteroatoms. The van der Waals surface area contributed by atoms with Crippen molar-refractivity contribution < 1.29 is 9.53 Å². The fourth-order valence-electron chi connectivity index (χ4n) is 1.21. The van der Waals surface area contributed by atoms with Gasteiger partial charge in [0.1, 0.15) is 12.6 Å². The predicted molar refractivity (Wildman–Crippen MR) is 60.9 cm³/mol. The summed E-state index contributed by atoms with van der Waals surface area (Å²) in [6.07, 6.45) is 0.990. The molecule has 1 aromatic heterocycles. The second-order valence-electron chi connectivity index (χ2n) is 3.44. The Bertz CT molecular complexity index is 501. The van der Waals surface area contributed by atoms with E-state index in [0.29, 0.717) is 12.1 Å². The molecule has 0 aliphatic rings. The standard InChI is InChI=1S/C11H13N3O3/c1-2-9(5-12)17-11(16)7-14-6-8(13)3-4-10(14)15/h3-4,6,9H,2,7,13H2,1H3. The number of aromatic nitrogens is 1. The molecular weight excluding hydrogens is 222 g/mol. The maximum absolute atomic E-state index is 11.4. The lowest BCUT2D eigenvalue weighted by Gasteiger charge is -2.09. The number of esters is 1. The number of rotatable bonds is 4. The Hall–Kier alpha value is -2.29. The van der Waals surface area contributed by atoms with E-state index >= 15 is 0 Å². The average molecular weight is 235 g/mol. The Morgan fingerprint density at radius 3 is 2.94 bits per heavy atom. The molecule has 2 N–H and O–H groups in total. The summed E-state index contributed by atoms with van der Waals surface area (Å²) in [6, 6.07) is 4.56. The molecule has 1 rings (SSSR count). The van der Waals surface area contributed by atoms with Crippen LogP contribution >= 0.6 is 0 Å². The highest BCUT2D eigenvalue weighted by Crippen LogP contribution is 2.00. The molecule has 0 saturated heterocycles. The number of nitrogens with zero attached hydrogens (tertiary/aromatic N) is 2. The highest BCUT2D eigenvalue weighted by molar-refractivity contribution is 5.69. The Labute approximate surface area is 98.2 Å². The highest BCUT2D eigenvalue weighted by atomic mass is 16.5. The van der Waals surface area contributed by atoms with E-state index in [1.807, 2.05) is 6.07 Å². The Morgan fingerprint density at radius 2 is 2.35 bits per heavy atom. The summed E-state index contributed by atoms with van der Waals surface area (Å²) in [7, 11) is 0. The summed E-state index contributed by atoms with van der Waals surface area (Å²) < 4.78 is 5.99. The molecule has 1 unspecified atom stereocenters. The molecule has 0 aromatic carbocycles. The lowest BCUT2D eigenvalue weighted by atomic mass is 10.3. The zero-order chi connectivity index (χ0) is 12.8.